The summed E-state index contributed by atoms with van der Waals surface area (Å²) in [6, 6.07) is 10.6. The molecular formula is C23H22FN5O. The van der Waals surface area contributed by atoms with Gasteiger partial charge >= 0.3 is 0 Å². The number of amides is 1. The lowest BCUT2D eigenvalue weighted by atomic mass is 9.95. The summed E-state index contributed by atoms with van der Waals surface area (Å²) in [4.78, 5) is 32.0. The van der Waals surface area contributed by atoms with Crippen molar-refractivity contribution in [3.63, 3.8) is 0 Å². The van der Waals surface area contributed by atoms with Gasteiger partial charge in [-0.1, -0.05) is 12.1 Å². The van der Waals surface area contributed by atoms with Crippen molar-refractivity contribution in [3.05, 3.63) is 65.0 Å². The third-order valence-electron chi connectivity index (χ3n) is 5.95. The van der Waals surface area contributed by atoms with Crippen molar-refractivity contribution < 1.29 is 9.18 Å². The van der Waals surface area contributed by atoms with Gasteiger partial charge in [-0.3, -0.25) is 4.79 Å². The van der Waals surface area contributed by atoms with E-state index in [-0.39, 0.29) is 17.4 Å². The van der Waals surface area contributed by atoms with Crippen molar-refractivity contribution in [3.8, 4) is 0 Å². The molecule has 0 bridgehead atoms. The molecule has 0 saturated carbocycles. The third kappa shape index (κ3) is 3.20. The van der Waals surface area contributed by atoms with Crippen molar-refractivity contribution in [2.75, 3.05) is 13.1 Å². The number of carbonyl (C=O) groups is 1. The van der Waals surface area contributed by atoms with Crippen LogP contribution in [0.3, 0.4) is 0 Å². The molecule has 1 amide bonds. The van der Waals surface area contributed by atoms with E-state index in [0.29, 0.717) is 24.1 Å². The Balaban J connectivity index is 1.39. The van der Waals surface area contributed by atoms with Gasteiger partial charge in [0, 0.05) is 25.1 Å². The Bertz CT molecular complexity index is 1240. The topological polar surface area (TPSA) is 74.8 Å². The molecule has 1 N–H and O–H groups in total. The Morgan fingerprint density at radius 1 is 1.03 bits per heavy atom. The zero-order valence-corrected chi connectivity index (χ0v) is 16.9. The lowest BCUT2D eigenvalue weighted by Crippen LogP contribution is -2.38. The van der Waals surface area contributed by atoms with E-state index >= 15 is 0 Å². The van der Waals surface area contributed by atoms with Gasteiger partial charge in [-0.25, -0.2) is 19.3 Å². The molecule has 1 saturated heterocycles. The number of rotatable bonds is 2. The van der Waals surface area contributed by atoms with E-state index < -0.39 is 5.82 Å². The summed E-state index contributed by atoms with van der Waals surface area (Å²) in [5, 5.41) is 0. The van der Waals surface area contributed by atoms with Gasteiger partial charge in [0.05, 0.1) is 33.5 Å². The average Bonchev–Trinajstić information content (AvgIpc) is 3.18. The Hall–Kier alpha value is -3.35. The number of aryl methyl sites for hydroxylation is 2. The zero-order valence-electron chi connectivity index (χ0n) is 16.9. The number of aromatic amines is 1. The van der Waals surface area contributed by atoms with Gasteiger partial charge in [0.15, 0.2) is 0 Å². The van der Waals surface area contributed by atoms with Crippen LogP contribution in [-0.2, 0) is 0 Å². The average molecular weight is 403 g/mol. The summed E-state index contributed by atoms with van der Waals surface area (Å²) in [6.07, 6.45) is 1.62. The summed E-state index contributed by atoms with van der Waals surface area (Å²) < 4.78 is 14.2. The van der Waals surface area contributed by atoms with Crippen LogP contribution in [0.1, 0.15) is 46.3 Å². The molecule has 2 aromatic carbocycles. The van der Waals surface area contributed by atoms with E-state index in [2.05, 4.69) is 15.0 Å². The van der Waals surface area contributed by atoms with Crippen LogP contribution in [-0.4, -0.2) is 43.8 Å². The molecule has 0 aliphatic carbocycles. The van der Waals surface area contributed by atoms with Gasteiger partial charge in [0.25, 0.3) is 5.91 Å². The number of nitrogens with zero attached hydrogens (tertiary/aromatic N) is 4. The highest BCUT2D eigenvalue weighted by Gasteiger charge is 2.28. The first-order valence-corrected chi connectivity index (χ1v) is 10.2. The Kier molecular flexibility index (Phi) is 4.46. The number of carbonyl (C=O) groups excluding carboxylic acids is 1. The maximum absolute atomic E-state index is 14.2. The number of para-hydroxylation sites is 2. The summed E-state index contributed by atoms with van der Waals surface area (Å²) in [5.41, 5.74) is 4.62. The summed E-state index contributed by atoms with van der Waals surface area (Å²) in [6.45, 7) is 4.86. The van der Waals surface area contributed by atoms with Crippen LogP contribution >= 0.6 is 0 Å². The molecular weight excluding hydrogens is 381 g/mol. The molecule has 0 radical (unpaired) electrons. The predicted octanol–water partition coefficient (Wildman–Crippen LogP) is 4.28. The van der Waals surface area contributed by atoms with Gasteiger partial charge < -0.3 is 9.88 Å². The van der Waals surface area contributed by atoms with Crippen LogP contribution in [0, 0.1) is 19.7 Å². The Morgan fingerprint density at radius 2 is 1.77 bits per heavy atom. The predicted molar refractivity (Wildman–Crippen MR) is 113 cm³/mol. The maximum Gasteiger partial charge on any atom is 0.256 e. The van der Waals surface area contributed by atoms with Gasteiger partial charge in [-0.15, -0.1) is 0 Å². The molecule has 6 nitrogen and oxygen atoms in total. The molecule has 30 heavy (non-hydrogen) atoms. The maximum atomic E-state index is 14.2. The monoisotopic (exact) mass is 403 g/mol. The first-order chi connectivity index (χ1) is 14.5. The molecule has 152 valence electrons. The van der Waals surface area contributed by atoms with Crippen molar-refractivity contribution in [1.82, 2.24) is 24.8 Å². The van der Waals surface area contributed by atoms with E-state index in [4.69, 9.17) is 4.98 Å². The van der Waals surface area contributed by atoms with Crippen LogP contribution in [0.25, 0.3) is 22.1 Å². The largest absolute Gasteiger partial charge is 0.342 e. The number of imidazole rings is 1. The highest BCUT2D eigenvalue weighted by atomic mass is 19.1. The highest BCUT2D eigenvalue weighted by Crippen LogP contribution is 2.29. The number of fused-ring (bicyclic) bond motifs is 2. The second-order valence-electron chi connectivity index (χ2n) is 7.92. The Morgan fingerprint density at radius 3 is 2.53 bits per heavy atom. The first kappa shape index (κ1) is 18.7. The van der Waals surface area contributed by atoms with Gasteiger partial charge in [-0.2, -0.15) is 0 Å². The molecule has 0 unspecified atom stereocenters. The van der Waals surface area contributed by atoms with Crippen molar-refractivity contribution >= 4 is 28.0 Å². The number of piperidine rings is 1. The minimum atomic E-state index is -0.472. The van der Waals surface area contributed by atoms with Crippen LogP contribution in [0.5, 0.6) is 0 Å². The van der Waals surface area contributed by atoms with Crippen LogP contribution in [0.2, 0.25) is 0 Å². The van der Waals surface area contributed by atoms with Crippen LogP contribution < -0.4 is 0 Å². The van der Waals surface area contributed by atoms with E-state index in [0.717, 1.165) is 41.1 Å². The number of aromatic nitrogens is 4. The number of nitrogens with one attached hydrogen (secondary N) is 1. The lowest BCUT2D eigenvalue weighted by molar-refractivity contribution is 0.0712. The number of benzene rings is 2. The standard InChI is InChI=1S/C23H22FN5O/c1-13-14(2)26-21-17(11-16(24)12-20(21)25-13)23(30)29-9-7-15(8-10-29)22-27-18-5-3-4-6-19(18)28-22/h3-6,11-12,15H,7-10H2,1-2H3,(H,27,28). The van der Waals surface area contributed by atoms with Crippen molar-refractivity contribution in [1.29, 1.82) is 0 Å². The lowest BCUT2D eigenvalue weighted by Gasteiger charge is -2.31. The molecule has 1 fully saturated rings. The fraction of sp³-hybridized carbons (Fsp3) is 0.304. The second-order valence-corrected chi connectivity index (χ2v) is 7.92. The zero-order chi connectivity index (χ0) is 20.8. The fourth-order valence-corrected chi connectivity index (χ4v) is 4.15. The fourth-order valence-electron chi connectivity index (χ4n) is 4.15. The molecule has 2 aromatic heterocycles. The molecule has 0 atom stereocenters. The molecule has 0 spiro atoms. The number of hydrogen-bond donors (Lipinski definition) is 1. The summed E-state index contributed by atoms with van der Waals surface area (Å²) in [5.74, 6) is 0.576. The van der Waals surface area contributed by atoms with Gasteiger partial charge in [0.1, 0.15) is 17.2 Å². The van der Waals surface area contributed by atoms with E-state index in [9.17, 15) is 9.18 Å². The second kappa shape index (κ2) is 7.16. The normalized spacial score (nSPS) is 15.2. The molecule has 7 heteroatoms. The number of halogens is 1. The number of H-pyrrole nitrogens is 1. The summed E-state index contributed by atoms with van der Waals surface area (Å²) >= 11 is 0. The Labute approximate surface area is 173 Å². The quantitative estimate of drug-likeness (QED) is 0.542. The first-order valence-electron chi connectivity index (χ1n) is 10.2. The molecule has 5 rings (SSSR count). The number of likely N-dealkylation sites (tertiary alicyclic amines) is 1. The molecule has 1 aliphatic rings. The number of hydrogen-bond acceptors (Lipinski definition) is 4. The minimum absolute atomic E-state index is 0.194. The van der Waals surface area contributed by atoms with Crippen molar-refractivity contribution in [2.24, 2.45) is 0 Å². The summed E-state index contributed by atoms with van der Waals surface area (Å²) in [7, 11) is 0. The molecule has 1 aliphatic heterocycles. The van der Waals surface area contributed by atoms with E-state index in [1.807, 2.05) is 38.1 Å². The van der Waals surface area contributed by atoms with Gasteiger partial charge in [0.2, 0.25) is 0 Å². The van der Waals surface area contributed by atoms with E-state index in [1.54, 1.807) is 4.90 Å². The van der Waals surface area contributed by atoms with E-state index in [1.165, 1.54) is 12.1 Å². The van der Waals surface area contributed by atoms with Crippen molar-refractivity contribution in [2.45, 2.75) is 32.6 Å². The third-order valence-corrected chi connectivity index (χ3v) is 5.95. The molecule has 4 aromatic rings. The van der Waals surface area contributed by atoms with Gasteiger partial charge in [-0.05, 0) is 44.9 Å². The SMILES string of the molecule is Cc1nc2cc(F)cc(C(=O)N3CCC(c4nc5ccccc5[nH]4)CC3)c2nc1C. The highest BCUT2D eigenvalue weighted by molar-refractivity contribution is 6.04. The van der Waals surface area contributed by atoms with Crippen LogP contribution in [0.4, 0.5) is 4.39 Å². The van der Waals surface area contributed by atoms with Crippen LogP contribution in [0.15, 0.2) is 36.4 Å². The minimum Gasteiger partial charge on any atom is -0.342 e. The molecule has 3 heterocycles. The smallest absolute Gasteiger partial charge is 0.256 e.